The normalized spacial score (nSPS) is 24.5. The molecular weight excluding hydrogens is 259 g/mol. The van der Waals surface area contributed by atoms with Gasteiger partial charge in [-0.05, 0) is 51.7 Å². The highest BCUT2D eigenvalue weighted by molar-refractivity contribution is 5.70. The van der Waals surface area contributed by atoms with Crippen molar-refractivity contribution < 1.29 is 13.9 Å². The number of fused-ring (bicyclic) bond motifs is 4. The smallest absolute Gasteiger partial charge is 0.411 e. The Labute approximate surface area is 117 Å². The van der Waals surface area contributed by atoms with Crippen LogP contribution in [0.25, 0.3) is 0 Å². The second kappa shape index (κ2) is 4.43. The molecule has 2 bridgehead atoms. The number of nitrogens with zero attached hydrogens (tertiary/aromatic N) is 2. The van der Waals surface area contributed by atoms with Gasteiger partial charge in [-0.2, -0.15) is 4.39 Å². The Morgan fingerprint density at radius 2 is 2.20 bits per heavy atom. The molecule has 1 amide bonds. The first-order valence-corrected chi connectivity index (χ1v) is 7.01. The fourth-order valence-corrected chi connectivity index (χ4v) is 3.21. The molecule has 0 N–H and O–H groups in total. The molecule has 3 rings (SSSR count). The Kier molecular flexibility index (Phi) is 2.96. The van der Waals surface area contributed by atoms with E-state index in [0.717, 1.165) is 18.4 Å². The van der Waals surface area contributed by atoms with Gasteiger partial charge in [-0.3, -0.25) is 4.90 Å². The lowest BCUT2D eigenvalue weighted by molar-refractivity contribution is 0.0122. The summed E-state index contributed by atoms with van der Waals surface area (Å²) in [5.74, 6) is -0.400. The molecule has 0 aliphatic carbocycles. The van der Waals surface area contributed by atoms with Crippen LogP contribution in [0.3, 0.4) is 0 Å². The van der Waals surface area contributed by atoms with E-state index in [1.807, 2.05) is 26.8 Å². The fourth-order valence-electron chi connectivity index (χ4n) is 3.21. The molecule has 3 heterocycles. The van der Waals surface area contributed by atoms with E-state index in [1.165, 1.54) is 6.20 Å². The number of carbonyl (C=O) groups excluding carboxylic acids is 1. The Morgan fingerprint density at radius 3 is 2.90 bits per heavy atom. The van der Waals surface area contributed by atoms with Crippen molar-refractivity contribution >= 4 is 6.09 Å². The second-order valence-electron chi connectivity index (χ2n) is 6.51. The summed E-state index contributed by atoms with van der Waals surface area (Å²) in [5.41, 5.74) is 1.04. The Balaban J connectivity index is 1.92. The van der Waals surface area contributed by atoms with E-state index in [9.17, 15) is 9.18 Å². The van der Waals surface area contributed by atoms with Crippen LogP contribution in [-0.4, -0.2) is 27.6 Å². The first-order chi connectivity index (χ1) is 9.37. The summed E-state index contributed by atoms with van der Waals surface area (Å²) in [4.78, 5) is 17.9. The van der Waals surface area contributed by atoms with E-state index in [-0.39, 0.29) is 18.2 Å². The molecule has 1 aromatic heterocycles. The molecule has 4 nitrogen and oxygen atoms in total. The molecule has 1 fully saturated rings. The maximum absolute atomic E-state index is 13.8. The van der Waals surface area contributed by atoms with Crippen molar-refractivity contribution in [2.24, 2.45) is 0 Å². The molecule has 5 heteroatoms. The zero-order valence-electron chi connectivity index (χ0n) is 12.0. The molecule has 20 heavy (non-hydrogen) atoms. The summed E-state index contributed by atoms with van der Waals surface area (Å²) in [6.45, 7) is 5.57. The predicted molar refractivity (Wildman–Crippen MR) is 71.7 cm³/mol. The topological polar surface area (TPSA) is 42.4 Å². The van der Waals surface area contributed by atoms with Crippen LogP contribution < -0.4 is 0 Å². The molecular formula is C15H19FN2O2. The lowest BCUT2D eigenvalue weighted by atomic mass is 9.95. The van der Waals surface area contributed by atoms with Gasteiger partial charge in [-0.15, -0.1) is 0 Å². The summed E-state index contributed by atoms with van der Waals surface area (Å²) in [7, 11) is 0. The molecule has 2 aliphatic heterocycles. The van der Waals surface area contributed by atoms with Gasteiger partial charge in [0.1, 0.15) is 5.60 Å². The van der Waals surface area contributed by atoms with Crippen molar-refractivity contribution in [2.75, 3.05) is 0 Å². The maximum Gasteiger partial charge on any atom is 0.411 e. The first kappa shape index (κ1) is 13.3. The Morgan fingerprint density at radius 1 is 1.45 bits per heavy atom. The SMILES string of the molecule is CC(C)(C)OC(=O)N1[C@H]2CC[C@@H]1c1ccnc(F)c1C2. The number of aromatic nitrogens is 1. The van der Waals surface area contributed by atoms with E-state index in [4.69, 9.17) is 4.74 Å². The Bertz CT molecular complexity index is 553. The van der Waals surface area contributed by atoms with Gasteiger partial charge in [-0.1, -0.05) is 0 Å². The second-order valence-corrected chi connectivity index (χ2v) is 6.51. The lowest BCUT2D eigenvalue weighted by Gasteiger charge is -2.37. The number of rotatable bonds is 0. The predicted octanol–water partition coefficient (Wildman–Crippen LogP) is 3.22. The molecule has 0 spiro atoms. The summed E-state index contributed by atoms with van der Waals surface area (Å²) < 4.78 is 19.3. The summed E-state index contributed by atoms with van der Waals surface area (Å²) in [6.07, 6.45) is 3.45. The minimum atomic E-state index is -0.514. The van der Waals surface area contributed by atoms with Crippen LogP contribution in [-0.2, 0) is 11.2 Å². The van der Waals surface area contributed by atoms with Crippen molar-refractivity contribution in [1.29, 1.82) is 0 Å². The van der Waals surface area contributed by atoms with E-state index < -0.39 is 11.5 Å². The van der Waals surface area contributed by atoms with Gasteiger partial charge >= 0.3 is 6.09 Å². The first-order valence-electron chi connectivity index (χ1n) is 7.01. The van der Waals surface area contributed by atoms with Gasteiger partial charge in [0, 0.05) is 17.8 Å². The van der Waals surface area contributed by atoms with E-state index in [1.54, 1.807) is 4.90 Å². The van der Waals surface area contributed by atoms with E-state index >= 15 is 0 Å². The van der Waals surface area contributed by atoms with Crippen LogP contribution >= 0.6 is 0 Å². The third kappa shape index (κ3) is 2.15. The standard InChI is InChI=1S/C15H19FN2O2/c1-15(2,3)20-14(19)18-9-4-5-12(18)10-6-7-17-13(16)11(10)8-9/h6-7,9,12H,4-5,8H2,1-3H3/t9-,12+/m0/s1. The van der Waals surface area contributed by atoms with Gasteiger partial charge < -0.3 is 4.74 Å². The average molecular weight is 278 g/mol. The molecule has 108 valence electrons. The fraction of sp³-hybridized carbons (Fsp3) is 0.600. The summed E-state index contributed by atoms with van der Waals surface area (Å²) in [6, 6.07) is 1.78. The maximum atomic E-state index is 13.8. The highest BCUT2D eigenvalue weighted by Crippen LogP contribution is 2.44. The number of hydrogen-bond acceptors (Lipinski definition) is 3. The summed E-state index contributed by atoms with van der Waals surface area (Å²) in [5, 5.41) is 0. The van der Waals surface area contributed by atoms with Gasteiger partial charge in [0.2, 0.25) is 5.95 Å². The van der Waals surface area contributed by atoms with Crippen molar-refractivity contribution in [1.82, 2.24) is 9.88 Å². The number of ether oxygens (including phenoxy) is 1. The van der Waals surface area contributed by atoms with E-state index in [0.29, 0.717) is 12.0 Å². The van der Waals surface area contributed by atoms with Crippen LogP contribution in [0.1, 0.15) is 50.8 Å². The van der Waals surface area contributed by atoms with Gasteiger partial charge in [0.25, 0.3) is 0 Å². The van der Waals surface area contributed by atoms with Crippen molar-refractivity contribution in [3.8, 4) is 0 Å². The number of pyridine rings is 1. The molecule has 0 unspecified atom stereocenters. The average Bonchev–Trinajstić information content (AvgIpc) is 2.65. The van der Waals surface area contributed by atoms with Crippen molar-refractivity contribution in [3.63, 3.8) is 0 Å². The number of halogens is 1. The highest BCUT2D eigenvalue weighted by atomic mass is 19.1. The number of carbonyl (C=O) groups is 1. The van der Waals surface area contributed by atoms with E-state index in [2.05, 4.69) is 4.98 Å². The third-order valence-electron chi connectivity index (χ3n) is 3.95. The zero-order valence-corrected chi connectivity index (χ0v) is 12.0. The largest absolute Gasteiger partial charge is 0.444 e. The molecule has 2 aliphatic rings. The molecule has 0 aromatic carbocycles. The number of hydrogen-bond donors (Lipinski definition) is 0. The van der Waals surface area contributed by atoms with Gasteiger partial charge in [0.05, 0.1) is 6.04 Å². The van der Waals surface area contributed by atoms with Crippen LogP contribution in [0.5, 0.6) is 0 Å². The zero-order chi connectivity index (χ0) is 14.5. The molecule has 1 aromatic rings. The minimum absolute atomic E-state index is 0.0287. The molecule has 1 saturated heterocycles. The summed E-state index contributed by atoms with van der Waals surface area (Å²) >= 11 is 0. The minimum Gasteiger partial charge on any atom is -0.444 e. The molecule has 0 radical (unpaired) electrons. The van der Waals surface area contributed by atoms with Gasteiger partial charge in [-0.25, -0.2) is 9.78 Å². The van der Waals surface area contributed by atoms with Gasteiger partial charge in [0.15, 0.2) is 0 Å². The highest BCUT2D eigenvalue weighted by Gasteiger charge is 2.45. The lowest BCUT2D eigenvalue weighted by Crippen LogP contribution is -2.44. The monoisotopic (exact) mass is 278 g/mol. The van der Waals surface area contributed by atoms with Crippen LogP contribution in [0.15, 0.2) is 12.3 Å². The molecule has 0 saturated carbocycles. The van der Waals surface area contributed by atoms with Crippen LogP contribution in [0.2, 0.25) is 0 Å². The van der Waals surface area contributed by atoms with Crippen LogP contribution in [0, 0.1) is 5.95 Å². The Hall–Kier alpha value is -1.65. The van der Waals surface area contributed by atoms with Crippen molar-refractivity contribution in [2.45, 2.75) is 57.7 Å². The molecule has 2 atom stereocenters. The van der Waals surface area contributed by atoms with Crippen LogP contribution in [0.4, 0.5) is 9.18 Å². The quantitative estimate of drug-likeness (QED) is 0.684. The number of amides is 1. The third-order valence-corrected chi connectivity index (χ3v) is 3.95. The van der Waals surface area contributed by atoms with Crippen molar-refractivity contribution in [3.05, 3.63) is 29.3 Å².